The van der Waals surface area contributed by atoms with Crippen molar-refractivity contribution >= 4 is 8.32 Å². The monoisotopic (exact) mass is 1650 g/mol. The zero-order valence-corrected chi connectivity index (χ0v) is 62.3. The van der Waals surface area contributed by atoms with Gasteiger partial charge >= 0.3 is 0 Å². The maximum absolute atomic E-state index is 11.6. The summed E-state index contributed by atoms with van der Waals surface area (Å²) in [6.45, 7) is 8.48. The van der Waals surface area contributed by atoms with E-state index in [0.717, 1.165) is 0 Å². The molecule has 8 aliphatic rings. The fourth-order valence-electron chi connectivity index (χ4n) is 15.3. The molecule has 0 aromatic heterocycles. The maximum Gasteiger partial charge on any atom is 0.200 e. The van der Waals surface area contributed by atoms with Gasteiger partial charge in [-0.2, -0.15) is 0 Å². The second-order valence-corrected chi connectivity index (χ2v) is 33.6. The van der Waals surface area contributed by atoms with E-state index < -0.39 is 274 Å². The van der Waals surface area contributed by atoms with Crippen LogP contribution in [-0.4, -0.2) is 357 Å². The lowest BCUT2D eigenvalue weighted by molar-refractivity contribution is -0.310. The van der Waals surface area contributed by atoms with Crippen LogP contribution in [-0.2, 0) is 61.3 Å². The highest BCUT2D eigenvalue weighted by molar-refractivity contribution is 6.77. The molecule has 58 nitrogen and oxygen atoms in total. The van der Waals surface area contributed by atoms with Gasteiger partial charge in [0.05, 0.1) is 125 Å². The zero-order valence-electron chi connectivity index (χ0n) is 61.3. The van der Waals surface area contributed by atoms with Gasteiger partial charge in [-0.25, -0.2) is 0 Å². The Morgan fingerprint density at radius 3 is 0.860 bits per heavy atom. The lowest BCUT2D eigenvalue weighted by atomic mass is 9.84. The molecule has 0 amide bonds. The Morgan fingerprint density at radius 2 is 0.561 bits per heavy atom. The Labute approximate surface area is 643 Å². The molecule has 0 aromatic carbocycles. The minimum atomic E-state index is -2.58. The molecule has 8 rings (SSSR count). The topological polar surface area (TPSA) is 911 Å². The summed E-state index contributed by atoms with van der Waals surface area (Å²) < 4.78 is 76.9. The first-order valence-corrected chi connectivity index (χ1v) is 37.4. The number of rotatable bonds is 33. The summed E-state index contributed by atoms with van der Waals surface area (Å²) in [6.07, 6.45) is -51.6. The van der Waals surface area contributed by atoms with Crippen LogP contribution in [0.3, 0.4) is 0 Å². The van der Waals surface area contributed by atoms with Crippen molar-refractivity contribution in [2.24, 2.45) is 51.1 Å². The maximum atomic E-state index is 11.6. The van der Waals surface area contributed by atoms with Gasteiger partial charge < -0.3 is 138 Å². The van der Waals surface area contributed by atoms with Crippen LogP contribution in [0.15, 0.2) is 51.1 Å². The molecule has 0 spiro atoms. The number of azide groups is 10. The Kier molecular flexibility index (Phi) is 35.6. The number of hydrogen-bond acceptors (Lipinski definition) is 38. The van der Waals surface area contributed by atoms with Gasteiger partial charge in [0.1, 0.15) is 110 Å². The molecule has 632 valence electrons. The van der Waals surface area contributed by atoms with E-state index in [2.05, 4.69) is 100 Å². The van der Waals surface area contributed by atoms with Crippen molar-refractivity contribution in [1.29, 1.82) is 0 Å². The van der Waals surface area contributed by atoms with Gasteiger partial charge in [0.25, 0.3) is 0 Å². The van der Waals surface area contributed by atoms with Gasteiger partial charge in [-0.3, -0.25) is 0 Å². The Balaban J connectivity index is 0.000000321. The standard InChI is InChI=1S/C32H55N15O14Si.C23H35N15O14/c1-11(2)62(12(3)4,13(5)6)55-10-18-23(51)25(53)20(42-47-37)31(58-18)59-27-15(40-45-35)7-14(39-44-34)21(49)29(27)61-32-26(54)28(17(9-48)57-32)60-30-19(41-46-36)24(52)22(50)16(56-30)8-38-43-33;24-34-29-2-7-13(42)15(44)10(32-37-27)21(47-7)51-19-9(4-40)49-23(17(19)46)52-20-12(41)5(30-35-25)1-6(31-36-26)18(20)50-22-11(33-38-28)16(45)14(43)8(3-39)48-22/h11-32,48-54H,7-10H2,1-6H3;5-23,39-46H,1-4H2/t14-,15?,16+,17-,18?,19?,20?,21?,22-,23-,24?,25-,26?,27-,28+,29-,30-,31-,32+;5-,6?,7+,8?,9-,10?,11?,12?,13-,14-,15?,16-,17?,18-,19+,20-,21-,22-,23+/m11/s1. The van der Waals surface area contributed by atoms with Crippen LogP contribution in [0.4, 0.5) is 0 Å². The van der Waals surface area contributed by atoms with Crippen molar-refractivity contribution in [3.05, 3.63) is 104 Å². The molecule has 14 unspecified atom stereocenters. The number of hydrogen-bond donors (Lipinski definition) is 15. The van der Waals surface area contributed by atoms with E-state index >= 15 is 0 Å². The summed E-state index contributed by atoms with van der Waals surface area (Å²) in [7, 11) is -2.58. The first kappa shape index (κ1) is 93.4. The quantitative estimate of drug-likeness (QED) is 0.0178. The van der Waals surface area contributed by atoms with Crippen molar-refractivity contribution in [2.75, 3.05) is 39.5 Å². The van der Waals surface area contributed by atoms with Crippen molar-refractivity contribution < 1.29 is 138 Å². The van der Waals surface area contributed by atoms with Crippen LogP contribution < -0.4 is 0 Å². The number of aliphatic hydroxyl groups excluding tert-OH is 15. The van der Waals surface area contributed by atoms with E-state index in [1.807, 2.05) is 41.5 Å². The van der Waals surface area contributed by atoms with Gasteiger partial charge in [0.2, 0.25) is 0 Å². The number of ether oxygens (including phenoxy) is 12. The molecule has 0 radical (unpaired) electrons. The zero-order chi connectivity index (χ0) is 84.2. The lowest BCUT2D eigenvalue weighted by Gasteiger charge is -2.48. The third-order valence-corrected chi connectivity index (χ3v) is 26.9. The minimum Gasteiger partial charge on any atom is -0.413 e. The summed E-state index contributed by atoms with van der Waals surface area (Å²) in [5.74, 6) is 0. The summed E-state index contributed by atoms with van der Waals surface area (Å²) in [5.41, 5.74) is 92.0. The second kappa shape index (κ2) is 43.4. The van der Waals surface area contributed by atoms with Crippen LogP contribution in [0, 0.1) is 0 Å². The average Bonchev–Trinajstić information content (AvgIpc) is 1.76. The van der Waals surface area contributed by atoms with Crippen molar-refractivity contribution in [1.82, 2.24) is 0 Å². The molecule has 8 fully saturated rings. The molecule has 6 heterocycles. The molecule has 6 aliphatic heterocycles. The molecule has 2 saturated carbocycles. The highest BCUT2D eigenvalue weighted by Crippen LogP contribution is 2.45. The van der Waals surface area contributed by atoms with E-state index in [-0.39, 0.29) is 36.1 Å². The summed E-state index contributed by atoms with van der Waals surface area (Å²) >= 11 is 0. The molecule has 15 N–H and O–H groups in total. The molecule has 59 heteroatoms. The third-order valence-electron chi connectivity index (χ3n) is 20.8. The van der Waals surface area contributed by atoms with Crippen molar-refractivity contribution in [3.63, 3.8) is 0 Å². The Morgan fingerprint density at radius 1 is 0.298 bits per heavy atom. The summed E-state index contributed by atoms with van der Waals surface area (Å²) in [6, 6.07) is -12.0. The van der Waals surface area contributed by atoms with Crippen LogP contribution in [0.1, 0.15) is 54.4 Å². The second-order valence-electron chi connectivity index (χ2n) is 28.1. The molecule has 0 bridgehead atoms. The number of aliphatic hydroxyl groups is 15. The highest BCUT2D eigenvalue weighted by Gasteiger charge is 2.59. The highest BCUT2D eigenvalue weighted by atomic mass is 28.4. The molecule has 114 heavy (non-hydrogen) atoms. The fourth-order valence-corrected chi connectivity index (χ4v) is 20.7. The minimum absolute atomic E-state index is 0.123. The first-order chi connectivity index (χ1) is 54.5. The predicted octanol–water partition coefficient (Wildman–Crippen LogP) is -0.00760. The molecule has 2 aliphatic carbocycles. The fraction of sp³-hybridized carbons (Fsp3) is 1.00. The summed E-state index contributed by atoms with van der Waals surface area (Å²) in [5, 5.41) is 197. The van der Waals surface area contributed by atoms with Crippen LogP contribution in [0.2, 0.25) is 16.6 Å². The van der Waals surface area contributed by atoms with Crippen LogP contribution in [0.5, 0.6) is 0 Å². The molecular weight excluding hydrogens is 1560 g/mol. The largest absolute Gasteiger partial charge is 0.413 e. The van der Waals surface area contributed by atoms with E-state index in [0.29, 0.717) is 0 Å². The van der Waals surface area contributed by atoms with E-state index in [9.17, 15) is 104 Å². The van der Waals surface area contributed by atoms with Gasteiger partial charge in [-0.15, -0.1) is 0 Å². The van der Waals surface area contributed by atoms with Gasteiger partial charge in [-0.05, 0) is 84.8 Å². The van der Waals surface area contributed by atoms with Crippen molar-refractivity contribution in [2.45, 2.75) is 304 Å². The van der Waals surface area contributed by atoms with Crippen LogP contribution in [0.25, 0.3) is 104 Å². The molecule has 38 atom stereocenters. The number of nitrogens with zero attached hydrogens (tertiary/aromatic N) is 30. The molecule has 0 aromatic rings. The third kappa shape index (κ3) is 20.9. The van der Waals surface area contributed by atoms with E-state index in [1.165, 1.54) is 0 Å². The van der Waals surface area contributed by atoms with E-state index in [4.69, 9.17) is 88.9 Å². The Hall–Kier alpha value is -7.80. The summed E-state index contributed by atoms with van der Waals surface area (Å²) in [4.78, 5) is 26.9. The first-order valence-electron chi connectivity index (χ1n) is 35.3. The van der Waals surface area contributed by atoms with Crippen molar-refractivity contribution in [3.8, 4) is 0 Å². The smallest absolute Gasteiger partial charge is 0.200 e. The predicted molar refractivity (Wildman–Crippen MR) is 372 cm³/mol. The molecule has 6 saturated heterocycles. The van der Waals surface area contributed by atoms with Gasteiger partial charge in [0, 0.05) is 49.1 Å². The average molecular weight is 1650 g/mol. The van der Waals surface area contributed by atoms with E-state index in [1.54, 1.807) is 0 Å². The van der Waals surface area contributed by atoms with Crippen LogP contribution >= 0.6 is 0 Å². The van der Waals surface area contributed by atoms with Gasteiger partial charge in [-0.1, -0.05) is 92.7 Å². The molecular formula is C55H90N30O28Si. The lowest BCUT2D eigenvalue weighted by Crippen LogP contribution is -2.64. The normalized spacial score (nSPS) is 42.0. The Bertz CT molecular complexity index is 3650. The van der Waals surface area contributed by atoms with Gasteiger partial charge in [0.15, 0.2) is 46.1 Å². The SMILES string of the molecule is CC(C)[Si](OCC1O[C@H](O[C@@H]2C(N=[N+]=[N-])C[C@@H](N=[N+]=[N-])C(O)[C@H]2O[C@@H]2O[C@H](CO)[C@H](O[C@H]3O[C@@H](CN=[N+]=[N-])[C@@H](O)C(O)C3N=[N+]=[N-])C2O)C(N=[N+]=[N-])[C@@H](O)[C@@H]1O)(C(C)C)C(C)C.[N-]=[N+]=NC[C@@H]1O[C@H](O[C@@H]2C(O)[C@H](O[C@@H]3C(O)[C@H](N=[N+]=[N-])CC(N=[N+]=[N-])[C@H]3O[C@H]3OC(CO)[C@@H](O)[C@H](O)C3N=[N+]=[N-])O[C@@H]2CO)C(N=[N+]=[N-])C(O)[C@@H]1O.